The largest absolute Gasteiger partial charge is 0.335 e. The molecule has 9 heteroatoms. The fourth-order valence-corrected chi connectivity index (χ4v) is 4.61. The average Bonchev–Trinajstić information content (AvgIpc) is 3.11. The Bertz CT molecular complexity index is 1740. The van der Waals surface area contributed by atoms with Crippen LogP contribution in [-0.4, -0.2) is 32.2 Å². The van der Waals surface area contributed by atoms with Crippen molar-refractivity contribution >= 4 is 40.5 Å². The number of nitrogens with zero attached hydrogens (tertiary/aromatic N) is 4. The third-order valence-corrected chi connectivity index (χ3v) is 6.70. The van der Waals surface area contributed by atoms with Crippen LogP contribution >= 0.6 is 0 Å². The molecule has 4 amide bonds. The van der Waals surface area contributed by atoms with Gasteiger partial charge < -0.3 is 0 Å². The number of benzene rings is 2. The van der Waals surface area contributed by atoms with Crippen LogP contribution in [-0.2, 0) is 9.59 Å². The number of barbiturate groups is 1. The summed E-state index contributed by atoms with van der Waals surface area (Å²) in [5, 5.41) is 2.74. The molecule has 0 aliphatic carbocycles. The van der Waals surface area contributed by atoms with Gasteiger partial charge >= 0.3 is 6.03 Å². The van der Waals surface area contributed by atoms with E-state index in [-0.39, 0.29) is 11.1 Å². The molecule has 1 N–H and O–H groups in total. The number of para-hydroxylation sites is 1. The highest BCUT2D eigenvalue weighted by Crippen LogP contribution is 2.26. The van der Waals surface area contributed by atoms with E-state index in [0.29, 0.717) is 39.4 Å². The molecule has 4 aromatic rings. The first-order valence-electron chi connectivity index (χ1n) is 11.7. The van der Waals surface area contributed by atoms with E-state index in [1.54, 1.807) is 54.9 Å². The van der Waals surface area contributed by atoms with Crippen molar-refractivity contribution in [2.45, 2.75) is 34.6 Å². The molecule has 1 aliphatic heterocycles. The number of imide groups is 2. The summed E-state index contributed by atoms with van der Waals surface area (Å²) < 4.78 is 3.18. The maximum Gasteiger partial charge on any atom is 0.335 e. The van der Waals surface area contributed by atoms with Gasteiger partial charge in [0, 0.05) is 11.4 Å². The van der Waals surface area contributed by atoms with E-state index in [1.807, 2.05) is 32.9 Å². The standard InChI is InChI=1S/C28H25N5O4/c1-15-10-11-21(12-16(15)2)31-26(35)23(25(34)30-28(31)37)14-20-13-17(3)32(18(20)4)33-19(5)29-24-9-7-6-8-22(24)27(33)36/h6-14H,1-5H3,(H,30,34,37). The normalized spacial score (nSPS) is 15.1. The molecular formula is C28H25N5O4. The van der Waals surface area contributed by atoms with Gasteiger partial charge in [0.05, 0.1) is 16.6 Å². The Kier molecular flexibility index (Phi) is 5.63. The second-order valence-corrected chi connectivity index (χ2v) is 9.16. The molecule has 1 fully saturated rings. The van der Waals surface area contributed by atoms with Crippen LogP contribution in [0.3, 0.4) is 0 Å². The van der Waals surface area contributed by atoms with Crippen LogP contribution in [0.5, 0.6) is 0 Å². The fourth-order valence-electron chi connectivity index (χ4n) is 4.61. The lowest BCUT2D eigenvalue weighted by molar-refractivity contribution is -0.122. The summed E-state index contributed by atoms with van der Waals surface area (Å²) in [7, 11) is 0. The lowest BCUT2D eigenvalue weighted by Crippen LogP contribution is -2.54. The number of carbonyl (C=O) groups excluding carboxylic acids is 3. The van der Waals surface area contributed by atoms with E-state index in [2.05, 4.69) is 10.3 Å². The minimum absolute atomic E-state index is 0.182. The van der Waals surface area contributed by atoms with Crippen molar-refractivity contribution in [3.05, 3.63) is 98.4 Å². The molecule has 3 heterocycles. The summed E-state index contributed by atoms with van der Waals surface area (Å²) in [4.78, 5) is 57.6. The van der Waals surface area contributed by atoms with Crippen LogP contribution in [0, 0.1) is 34.6 Å². The Balaban J connectivity index is 1.62. The SMILES string of the molecule is Cc1ccc(N2C(=O)NC(=O)C(=Cc3cc(C)n(-n4c(C)nc5ccccc5c4=O)c3C)C2=O)cc1C. The monoisotopic (exact) mass is 495 g/mol. The van der Waals surface area contributed by atoms with Crippen LogP contribution in [0.2, 0.25) is 0 Å². The first-order valence-corrected chi connectivity index (χ1v) is 11.7. The maximum absolute atomic E-state index is 13.4. The van der Waals surface area contributed by atoms with Crippen LogP contribution < -0.4 is 15.8 Å². The Morgan fingerprint density at radius 2 is 1.57 bits per heavy atom. The van der Waals surface area contributed by atoms with Crippen molar-refractivity contribution in [2.75, 3.05) is 4.90 Å². The highest BCUT2D eigenvalue weighted by Gasteiger charge is 2.37. The molecule has 1 aliphatic rings. The van der Waals surface area contributed by atoms with Gasteiger partial charge in [-0.05, 0) is 87.7 Å². The molecule has 0 spiro atoms. The highest BCUT2D eigenvalue weighted by molar-refractivity contribution is 6.39. The van der Waals surface area contributed by atoms with E-state index in [1.165, 1.54) is 10.8 Å². The van der Waals surface area contributed by atoms with Gasteiger partial charge in [0.2, 0.25) is 0 Å². The Morgan fingerprint density at radius 1 is 0.838 bits per heavy atom. The van der Waals surface area contributed by atoms with Gasteiger partial charge in [0.15, 0.2) is 0 Å². The number of rotatable bonds is 3. The van der Waals surface area contributed by atoms with Gasteiger partial charge in [-0.1, -0.05) is 18.2 Å². The lowest BCUT2D eigenvalue weighted by Gasteiger charge is -2.26. The van der Waals surface area contributed by atoms with Crippen LogP contribution in [0.1, 0.15) is 33.9 Å². The zero-order chi connectivity index (χ0) is 26.6. The zero-order valence-corrected chi connectivity index (χ0v) is 21.1. The predicted octanol–water partition coefficient (Wildman–Crippen LogP) is 3.72. The number of amides is 4. The second-order valence-electron chi connectivity index (χ2n) is 9.16. The predicted molar refractivity (Wildman–Crippen MR) is 140 cm³/mol. The molecule has 0 unspecified atom stereocenters. The lowest BCUT2D eigenvalue weighted by atomic mass is 10.1. The summed E-state index contributed by atoms with van der Waals surface area (Å²) in [6.45, 7) is 9.17. The summed E-state index contributed by atoms with van der Waals surface area (Å²) in [6.07, 6.45) is 1.45. The van der Waals surface area contributed by atoms with E-state index in [0.717, 1.165) is 16.0 Å². The van der Waals surface area contributed by atoms with Gasteiger partial charge in [-0.25, -0.2) is 14.7 Å². The first kappa shape index (κ1) is 23.9. The minimum Gasteiger partial charge on any atom is -0.273 e. The molecule has 5 rings (SSSR count). The first-order chi connectivity index (χ1) is 17.6. The minimum atomic E-state index is -0.801. The molecule has 0 atom stereocenters. The summed E-state index contributed by atoms with van der Waals surface area (Å²) in [5.74, 6) is -1.01. The van der Waals surface area contributed by atoms with E-state index in [4.69, 9.17) is 0 Å². The molecule has 2 aromatic carbocycles. The van der Waals surface area contributed by atoms with E-state index in [9.17, 15) is 19.2 Å². The Labute approximate surface area is 212 Å². The summed E-state index contributed by atoms with van der Waals surface area (Å²) in [5.41, 5.74) is 4.38. The number of nitrogens with one attached hydrogen (secondary N) is 1. The number of anilines is 1. The third kappa shape index (κ3) is 3.85. The van der Waals surface area contributed by atoms with Crippen LogP contribution in [0.4, 0.5) is 10.5 Å². The number of aryl methyl sites for hydroxylation is 4. The quantitative estimate of drug-likeness (QED) is 0.344. The van der Waals surface area contributed by atoms with Crippen molar-refractivity contribution in [3.63, 3.8) is 0 Å². The molecule has 0 bridgehead atoms. The Hall–Kier alpha value is -4.79. The third-order valence-electron chi connectivity index (χ3n) is 6.70. The molecule has 2 aromatic heterocycles. The Morgan fingerprint density at radius 3 is 2.30 bits per heavy atom. The molecule has 0 radical (unpaired) electrons. The van der Waals surface area contributed by atoms with E-state index >= 15 is 0 Å². The molecule has 1 saturated heterocycles. The number of aromatic nitrogens is 3. The number of carbonyl (C=O) groups is 3. The smallest absolute Gasteiger partial charge is 0.273 e. The molecule has 9 nitrogen and oxygen atoms in total. The van der Waals surface area contributed by atoms with Crippen molar-refractivity contribution in [1.82, 2.24) is 19.7 Å². The van der Waals surface area contributed by atoms with Gasteiger partial charge in [-0.15, -0.1) is 0 Å². The molecule has 0 saturated carbocycles. The van der Waals surface area contributed by atoms with E-state index < -0.39 is 17.8 Å². The van der Waals surface area contributed by atoms with Crippen molar-refractivity contribution in [1.29, 1.82) is 0 Å². The molecule has 37 heavy (non-hydrogen) atoms. The van der Waals surface area contributed by atoms with Gasteiger partial charge in [0.25, 0.3) is 17.4 Å². The van der Waals surface area contributed by atoms with Crippen molar-refractivity contribution < 1.29 is 14.4 Å². The van der Waals surface area contributed by atoms with Crippen molar-refractivity contribution in [2.24, 2.45) is 0 Å². The zero-order valence-electron chi connectivity index (χ0n) is 21.1. The topological polar surface area (TPSA) is 106 Å². The maximum atomic E-state index is 13.4. The molecule has 186 valence electrons. The van der Waals surface area contributed by atoms with Gasteiger partial charge in [-0.2, -0.15) is 4.68 Å². The van der Waals surface area contributed by atoms with Gasteiger partial charge in [-0.3, -0.25) is 24.4 Å². The summed E-state index contributed by atoms with van der Waals surface area (Å²) >= 11 is 0. The fraction of sp³-hybridized carbons (Fsp3) is 0.179. The summed E-state index contributed by atoms with van der Waals surface area (Å²) in [6, 6.07) is 13.3. The number of urea groups is 1. The second kappa shape index (κ2) is 8.70. The number of hydrogen-bond acceptors (Lipinski definition) is 5. The van der Waals surface area contributed by atoms with Crippen LogP contribution in [0.25, 0.3) is 17.0 Å². The van der Waals surface area contributed by atoms with Crippen LogP contribution in [0.15, 0.2) is 58.9 Å². The van der Waals surface area contributed by atoms with Crippen molar-refractivity contribution in [3.8, 4) is 0 Å². The number of hydrogen-bond donors (Lipinski definition) is 1. The average molecular weight is 496 g/mol. The van der Waals surface area contributed by atoms with Gasteiger partial charge in [0.1, 0.15) is 11.4 Å². The highest BCUT2D eigenvalue weighted by atomic mass is 16.2. The number of fused-ring (bicyclic) bond motifs is 1. The molecular weight excluding hydrogens is 470 g/mol.